The van der Waals surface area contributed by atoms with Crippen LogP contribution in [0.15, 0.2) is 0 Å². The predicted octanol–water partition coefficient (Wildman–Crippen LogP) is 22.1. The van der Waals surface area contributed by atoms with Crippen molar-refractivity contribution in [2.45, 2.75) is 303 Å². The van der Waals surface area contributed by atoms with Gasteiger partial charge in [-0.05, 0) is 305 Å². The van der Waals surface area contributed by atoms with Gasteiger partial charge in [-0.3, -0.25) is 0 Å². The highest BCUT2D eigenvalue weighted by molar-refractivity contribution is 4.84. The molecule has 0 aliphatic carbocycles. The molecule has 2 atom stereocenters. The Labute approximate surface area is 564 Å². The fourth-order valence-corrected chi connectivity index (χ4v) is 15.9. The first-order chi connectivity index (χ1) is 41.5. The quantitative estimate of drug-likeness (QED) is 0.0811. The van der Waals surface area contributed by atoms with Crippen molar-refractivity contribution in [2.75, 3.05) is 118 Å². The number of piperidine rings is 5. The number of hydrogen-bond acceptors (Lipinski definition) is 6. The number of nitrogens with zero attached hydrogens (tertiary/aromatic N) is 6. The van der Waals surface area contributed by atoms with E-state index in [9.17, 15) is 0 Å². The standard InChI is InChI=1S/2C16H33N.3C13H27N.C12H25N/c1-13(2)11-16(5,6)12-17-9-7-15(8-10-17)14(3)4;1-13(2)10-16(5,6)12-17-9-7-8-15(11-17)14(3)4;2*1-11(2)5-8-14-9-6-13(7-10-14)12(3)4;1-11(2)7-9-14-8-5-6-13(10-14)12(3)4;1-10(2)6-5-7-13-8-12(9-13)11(3)4/h2*13-15H,7-12H2,1-6H3;3*11-13H,5-10H2,1-4H3;10-12H,5-9H2,1-4H3. The highest BCUT2D eigenvalue weighted by Crippen LogP contribution is 2.33. The van der Waals surface area contributed by atoms with E-state index in [0.717, 1.165) is 107 Å². The molecule has 0 aromatic rings. The summed E-state index contributed by atoms with van der Waals surface area (Å²) in [6.45, 7) is 90.0. The van der Waals surface area contributed by atoms with Crippen LogP contribution in [0.25, 0.3) is 0 Å². The minimum absolute atomic E-state index is 0.479. The van der Waals surface area contributed by atoms with E-state index in [1.807, 2.05) is 0 Å². The van der Waals surface area contributed by atoms with Crippen molar-refractivity contribution in [1.29, 1.82) is 0 Å². The summed E-state index contributed by atoms with van der Waals surface area (Å²) in [6, 6.07) is 0. The van der Waals surface area contributed by atoms with Gasteiger partial charge in [0.15, 0.2) is 0 Å². The van der Waals surface area contributed by atoms with Crippen molar-refractivity contribution >= 4 is 0 Å². The number of likely N-dealkylation sites (tertiary alicyclic amines) is 6. The van der Waals surface area contributed by atoms with E-state index in [1.165, 1.54) is 227 Å². The fraction of sp³-hybridized carbons (Fsp3) is 1.00. The summed E-state index contributed by atoms with van der Waals surface area (Å²) < 4.78 is 0. The molecule has 6 heteroatoms. The van der Waals surface area contributed by atoms with Crippen LogP contribution in [0, 0.1) is 117 Å². The van der Waals surface area contributed by atoms with Gasteiger partial charge < -0.3 is 29.4 Å². The Morgan fingerprint density at radius 3 is 0.854 bits per heavy atom. The molecule has 6 aliphatic heterocycles. The molecule has 0 aromatic heterocycles. The van der Waals surface area contributed by atoms with Gasteiger partial charge in [-0.2, -0.15) is 0 Å². The van der Waals surface area contributed by atoms with Crippen molar-refractivity contribution < 1.29 is 0 Å². The third-order valence-electron chi connectivity index (χ3n) is 22.2. The molecule has 0 bridgehead atoms. The van der Waals surface area contributed by atoms with E-state index >= 15 is 0 Å². The summed E-state index contributed by atoms with van der Waals surface area (Å²) in [5.41, 5.74) is 0.964. The van der Waals surface area contributed by atoms with Crippen LogP contribution in [0.5, 0.6) is 0 Å². The van der Waals surface area contributed by atoms with E-state index in [0.29, 0.717) is 10.8 Å². The van der Waals surface area contributed by atoms with Gasteiger partial charge >= 0.3 is 0 Å². The van der Waals surface area contributed by atoms with Crippen molar-refractivity contribution in [2.24, 2.45) is 117 Å². The Kier molecular flexibility index (Phi) is 45.7. The maximum atomic E-state index is 2.72. The van der Waals surface area contributed by atoms with Crippen LogP contribution in [0.3, 0.4) is 0 Å². The van der Waals surface area contributed by atoms with Crippen LogP contribution in [0.2, 0.25) is 0 Å². The highest BCUT2D eigenvalue weighted by atomic mass is 15.2. The lowest BCUT2D eigenvalue weighted by Gasteiger charge is -2.41. The van der Waals surface area contributed by atoms with E-state index < -0.39 is 0 Å². The molecule has 0 radical (unpaired) electrons. The third-order valence-corrected chi connectivity index (χ3v) is 22.2. The predicted molar refractivity (Wildman–Crippen MR) is 404 cm³/mol. The summed E-state index contributed by atoms with van der Waals surface area (Å²) in [4.78, 5) is 16.0. The van der Waals surface area contributed by atoms with Crippen LogP contribution in [0.4, 0.5) is 0 Å². The van der Waals surface area contributed by atoms with Gasteiger partial charge in [0, 0.05) is 39.3 Å². The van der Waals surface area contributed by atoms with Gasteiger partial charge in [0.25, 0.3) is 0 Å². The molecule has 6 fully saturated rings. The Morgan fingerprint density at radius 1 is 0.258 bits per heavy atom. The second kappa shape index (κ2) is 46.8. The number of hydrogen-bond donors (Lipinski definition) is 0. The topological polar surface area (TPSA) is 19.4 Å². The van der Waals surface area contributed by atoms with Gasteiger partial charge in [0.05, 0.1) is 0 Å². The molecule has 0 aromatic carbocycles. The first-order valence-electron chi connectivity index (χ1n) is 39.8. The van der Waals surface area contributed by atoms with Gasteiger partial charge in [0.2, 0.25) is 0 Å². The second-order valence-corrected chi connectivity index (χ2v) is 37.4. The molecule has 6 heterocycles. The second-order valence-electron chi connectivity index (χ2n) is 37.4. The molecule has 6 saturated heterocycles. The van der Waals surface area contributed by atoms with E-state index in [1.54, 1.807) is 0 Å². The van der Waals surface area contributed by atoms with Gasteiger partial charge in [0.1, 0.15) is 0 Å². The lowest BCUT2D eigenvalue weighted by Crippen LogP contribution is -2.49. The smallest absolute Gasteiger partial charge is 0.00329 e. The molecule has 0 saturated carbocycles. The summed E-state index contributed by atoms with van der Waals surface area (Å²) in [5.74, 6) is 16.2. The molecule has 0 N–H and O–H groups in total. The average molecular weight is 1250 g/mol. The first kappa shape index (κ1) is 86.8. The molecule has 534 valence electrons. The molecule has 6 aliphatic rings. The van der Waals surface area contributed by atoms with Crippen molar-refractivity contribution in [1.82, 2.24) is 29.4 Å². The van der Waals surface area contributed by atoms with Crippen LogP contribution in [0.1, 0.15) is 303 Å². The average Bonchev–Trinajstić information content (AvgIpc) is 2.37. The molecule has 6 rings (SSSR count). The van der Waals surface area contributed by atoms with Crippen molar-refractivity contribution in [3.05, 3.63) is 0 Å². The maximum absolute atomic E-state index is 2.72. The largest absolute Gasteiger partial charge is 0.303 e. The van der Waals surface area contributed by atoms with Gasteiger partial charge in [-0.25, -0.2) is 0 Å². The molecule has 0 amide bonds. The Bertz CT molecular complexity index is 1570. The zero-order valence-electron chi connectivity index (χ0n) is 66.8. The minimum Gasteiger partial charge on any atom is -0.303 e. The lowest BCUT2D eigenvalue weighted by molar-refractivity contribution is 0.0663. The maximum Gasteiger partial charge on any atom is 0.00329 e. The first-order valence-corrected chi connectivity index (χ1v) is 39.8. The summed E-state index contributed by atoms with van der Waals surface area (Å²) in [6.07, 6.45) is 23.8. The number of rotatable bonds is 27. The molecule has 89 heavy (non-hydrogen) atoms. The highest BCUT2D eigenvalue weighted by Gasteiger charge is 2.31. The van der Waals surface area contributed by atoms with Crippen LogP contribution < -0.4 is 0 Å². The SMILES string of the molecule is CC(C)CC(C)(C)CN1CCC(C(C)C)CC1.CC(C)CC(C)(C)CN1CCCC(C(C)C)C1.CC(C)CCCN1CC(C(C)C)C1.CC(C)CCN1CCC(C(C)C)CC1.CC(C)CCN1CCC(C(C)C)CC1.CC(C)CCN1CCCC(C(C)C)C1. The van der Waals surface area contributed by atoms with Crippen LogP contribution in [-0.4, -0.2) is 147 Å². The van der Waals surface area contributed by atoms with Crippen LogP contribution >= 0.6 is 0 Å². The summed E-state index contributed by atoms with van der Waals surface area (Å²) in [5, 5.41) is 0. The van der Waals surface area contributed by atoms with Crippen molar-refractivity contribution in [3.63, 3.8) is 0 Å². The molecular weight excluding hydrogens is 1080 g/mol. The fourth-order valence-electron chi connectivity index (χ4n) is 15.9. The zero-order chi connectivity index (χ0) is 67.6. The van der Waals surface area contributed by atoms with Crippen LogP contribution in [-0.2, 0) is 0 Å². The van der Waals surface area contributed by atoms with Gasteiger partial charge in [-0.15, -0.1) is 0 Å². The van der Waals surface area contributed by atoms with E-state index in [-0.39, 0.29) is 0 Å². The Morgan fingerprint density at radius 2 is 0.539 bits per heavy atom. The van der Waals surface area contributed by atoms with E-state index in [2.05, 4.69) is 223 Å². The van der Waals surface area contributed by atoms with Crippen molar-refractivity contribution in [3.8, 4) is 0 Å². The normalized spacial score (nSPS) is 21.8. The zero-order valence-corrected chi connectivity index (χ0v) is 66.8. The third kappa shape index (κ3) is 42.8. The Hall–Kier alpha value is -0.240. The molecule has 2 unspecified atom stereocenters. The van der Waals surface area contributed by atoms with E-state index in [4.69, 9.17) is 0 Å². The summed E-state index contributed by atoms with van der Waals surface area (Å²) in [7, 11) is 0. The minimum atomic E-state index is 0.479. The molecular formula is C83H172N6. The summed E-state index contributed by atoms with van der Waals surface area (Å²) >= 11 is 0. The molecule has 0 spiro atoms. The molecule has 6 nitrogen and oxygen atoms in total. The Balaban J connectivity index is 0.000000535. The lowest BCUT2D eigenvalue weighted by atomic mass is 9.81. The monoisotopic (exact) mass is 1250 g/mol. The van der Waals surface area contributed by atoms with Gasteiger partial charge in [-0.1, -0.05) is 194 Å².